The third kappa shape index (κ3) is 1.48. The molecule has 0 aliphatic carbocycles. The smallest absolute Gasteiger partial charge is 0.123 e. The first kappa shape index (κ1) is 8.48. The molecule has 2 heterocycles. The standard InChI is InChI=1S/C13H10NO/c1-2-12(9-14-6-1)11-4-3-10-5-7-15-13(10)8-11/h2-4,6,8-9H,5,7H2. The molecule has 1 aromatic carbocycles. The number of benzene rings is 1. The van der Waals surface area contributed by atoms with Crippen LogP contribution in [-0.4, -0.2) is 11.6 Å². The molecule has 1 aromatic heterocycles. The number of nitrogens with zero attached hydrogens (tertiary/aromatic N) is 1. The van der Waals surface area contributed by atoms with E-state index in [1.54, 1.807) is 6.20 Å². The lowest BCUT2D eigenvalue weighted by molar-refractivity contribution is 0.357. The highest BCUT2D eigenvalue weighted by molar-refractivity contribution is 5.65. The van der Waals surface area contributed by atoms with Crippen molar-refractivity contribution in [1.82, 2.24) is 4.98 Å². The highest BCUT2D eigenvalue weighted by atomic mass is 16.5. The van der Waals surface area contributed by atoms with Crippen molar-refractivity contribution in [3.8, 4) is 16.9 Å². The summed E-state index contributed by atoms with van der Waals surface area (Å²) in [5.74, 6) is 1.01. The van der Waals surface area contributed by atoms with Gasteiger partial charge in [-0.25, -0.2) is 0 Å². The molecule has 1 radical (unpaired) electrons. The van der Waals surface area contributed by atoms with Crippen LogP contribution >= 0.6 is 0 Å². The summed E-state index contributed by atoms with van der Waals surface area (Å²) in [6.07, 6.45) is 4.52. The van der Waals surface area contributed by atoms with E-state index in [0.29, 0.717) is 0 Å². The number of rotatable bonds is 1. The van der Waals surface area contributed by atoms with Crippen molar-refractivity contribution in [1.29, 1.82) is 0 Å². The molecule has 0 amide bonds. The molecule has 0 N–H and O–H groups in total. The molecule has 1 aliphatic heterocycles. The van der Waals surface area contributed by atoms with Crippen molar-refractivity contribution < 1.29 is 4.74 Å². The highest BCUT2D eigenvalue weighted by Gasteiger charge is 2.12. The number of ether oxygens (including phenoxy) is 1. The fourth-order valence-corrected chi connectivity index (χ4v) is 1.83. The Morgan fingerprint density at radius 1 is 1.27 bits per heavy atom. The number of aromatic nitrogens is 1. The summed E-state index contributed by atoms with van der Waals surface area (Å²) in [6, 6.07) is 11.2. The minimum absolute atomic E-state index is 0.804. The van der Waals surface area contributed by atoms with Crippen molar-refractivity contribution in [3.63, 3.8) is 0 Å². The molecule has 0 spiro atoms. The third-order valence-corrected chi connectivity index (χ3v) is 2.63. The molecule has 0 atom stereocenters. The average molecular weight is 196 g/mol. The maximum absolute atomic E-state index is 5.53. The van der Waals surface area contributed by atoms with Crippen LogP contribution < -0.4 is 4.74 Å². The summed E-state index contributed by atoms with van der Waals surface area (Å²) in [7, 11) is 0. The Morgan fingerprint density at radius 2 is 2.27 bits per heavy atom. The van der Waals surface area contributed by atoms with Gasteiger partial charge in [-0.15, -0.1) is 0 Å². The van der Waals surface area contributed by atoms with Gasteiger partial charge >= 0.3 is 0 Å². The van der Waals surface area contributed by atoms with Gasteiger partial charge in [-0.05, 0) is 23.3 Å². The highest BCUT2D eigenvalue weighted by Crippen LogP contribution is 2.30. The van der Waals surface area contributed by atoms with E-state index in [4.69, 9.17) is 4.74 Å². The maximum atomic E-state index is 5.53. The van der Waals surface area contributed by atoms with Crippen LogP contribution in [0.25, 0.3) is 11.1 Å². The second-order valence-electron chi connectivity index (χ2n) is 3.59. The molecular formula is C13H10NO. The molecule has 2 heteroatoms. The van der Waals surface area contributed by atoms with E-state index in [2.05, 4.69) is 29.2 Å². The zero-order valence-electron chi connectivity index (χ0n) is 8.23. The molecular weight excluding hydrogens is 186 g/mol. The first-order valence-electron chi connectivity index (χ1n) is 5.01. The van der Waals surface area contributed by atoms with Gasteiger partial charge in [-0.1, -0.05) is 12.1 Å². The zero-order chi connectivity index (χ0) is 10.1. The molecule has 2 nitrogen and oxygen atoms in total. The topological polar surface area (TPSA) is 22.1 Å². The minimum atomic E-state index is 0.804. The molecule has 0 unspecified atom stereocenters. The lowest BCUT2D eigenvalue weighted by Crippen LogP contribution is -1.86. The Hall–Kier alpha value is -1.83. The number of pyridine rings is 1. The van der Waals surface area contributed by atoms with Crippen molar-refractivity contribution >= 4 is 0 Å². The predicted molar refractivity (Wildman–Crippen MR) is 57.7 cm³/mol. The van der Waals surface area contributed by atoms with Crippen molar-refractivity contribution in [2.24, 2.45) is 0 Å². The lowest BCUT2D eigenvalue weighted by atomic mass is 10.0. The monoisotopic (exact) mass is 196 g/mol. The van der Waals surface area contributed by atoms with Crippen LogP contribution in [-0.2, 0) is 6.42 Å². The van der Waals surface area contributed by atoms with E-state index in [1.807, 2.05) is 12.3 Å². The van der Waals surface area contributed by atoms with Crippen LogP contribution in [0, 0.1) is 6.07 Å². The van der Waals surface area contributed by atoms with E-state index < -0.39 is 0 Å². The SMILES string of the molecule is [c]1cncc(-c2ccc3c(c2)OCC3)c1. The molecule has 0 bridgehead atoms. The summed E-state index contributed by atoms with van der Waals surface area (Å²) in [4.78, 5) is 4.06. The third-order valence-electron chi connectivity index (χ3n) is 2.63. The summed E-state index contributed by atoms with van der Waals surface area (Å²) in [5, 5.41) is 0. The summed E-state index contributed by atoms with van der Waals surface area (Å²) >= 11 is 0. The first-order valence-corrected chi connectivity index (χ1v) is 5.01. The predicted octanol–water partition coefficient (Wildman–Crippen LogP) is 2.48. The summed E-state index contributed by atoms with van der Waals surface area (Å²) < 4.78 is 5.53. The lowest BCUT2D eigenvalue weighted by Gasteiger charge is -2.03. The van der Waals surface area contributed by atoms with Gasteiger partial charge in [0.1, 0.15) is 5.75 Å². The van der Waals surface area contributed by atoms with E-state index in [9.17, 15) is 0 Å². The Bertz CT molecular complexity index is 479. The van der Waals surface area contributed by atoms with Crippen LogP contribution in [0.4, 0.5) is 0 Å². The molecule has 73 valence electrons. The number of hydrogen-bond donors (Lipinski definition) is 0. The first-order chi connectivity index (χ1) is 7.43. The number of fused-ring (bicyclic) bond motifs is 1. The van der Waals surface area contributed by atoms with Gasteiger partial charge in [0.25, 0.3) is 0 Å². The van der Waals surface area contributed by atoms with E-state index >= 15 is 0 Å². The van der Waals surface area contributed by atoms with Crippen molar-refractivity contribution in [2.45, 2.75) is 6.42 Å². The van der Waals surface area contributed by atoms with Crippen LogP contribution in [0.3, 0.4) is 0 Å². The Morgan fingerprint density at radius 3 is 3.13 bits per heavy atom. The largest absolute Gasteiger partial charge is 0.493 e. The molecule has 15 heavy (non-hydrogen) atoms. The van der Waals surface area contributed by atoms with E-state index in [0.717, 1.165) is 29.9 Å². The summed E-state index contributed by atoms with van der Waals surface area (Å²) in [5.41, 5.74) is 3.52. The Balaban J connectivity index is 2.07. The van der Waals surface area contributed by atoms with Crippen molar-refractivity contribution in [3.05, 3.63) is 48.3 Å². The number of hydrogen-bond acceptors (Lipinski definition) is 2. The summed E-state index contributed by atoms with van der Waals surface area (Å²) in [6.45, 7) is 0.804. The van der Waals surface area contributed by atoms with Gasteiger partial charge in [0.2, 0.25) is 0 Å². The van der Waals surface area contributed by atoms with Crippen LogP contribution in [0.1, 0.15) is 5.56 Å². The second-order valence-corrected chi connectivity index (χ2v) is 3.59. The zero-order valence-corrected chi connectivity index (χ0v) is 8.23. The van der Waals surface area contributed by atoms with Crippen LogP contribution in [0.5, 0.6) is 5.75 Å². The Kier molecular flexibility index (Phi) is 1.91. The molecule has 0 saturated heterocycles. The van der Waals surface area contributed by atoms with Gasteiger partial charge < -0.3 is 4.74 Å². The molecule has 0 fully saturated rings. The van der Waals surface area contributed by atoms with E-state index in [1.165, 1.54) is 5.56 Å². The van der Waals surface area contributed by atoms with Gasteiger partial charge in [0.05, 0.1) is 6.61 Å². The average Bonchev–Trinajstić information content (AvgIpc) is 2.77. The molecule has 2 aromatic rings. The molecule has 0 saturated carbocycles. The van der Waals surface area contributed by atoms with Crippen LogP contribution in [0.15, 0.2) is 36.7 Å². The Labute approximate surface area is 88.5 Å². The van der Waals surface area contributed by atoms with Gasteiger partial charge in [-0.3, -0.25) is 4.98 Å². The second kappa shape index (κ2) is 3.39. The van der Waals surface area contributed by atoms with Gasteiger partial charge in [0.15, 0.2) is 0 Å². The fraction of sp³-hybridized carbons (Fsp3) is 0.154. The van der Waals surface area contributed by atoms with Gasteiger partial charge in [0, 0.05) is 30.4 Å². The quantitative estimate of drug-likeness (QED) is 0.699. The van der Waals surface area contributed by atoms with E-state index in [-0.39, 0.29) is 0 Å². The van der Waals surface area contributed by atoms with Crippen LogP contribution in [0.2, 0.25) is 0 Å². The fourth-order valence-electron chi connectivity index (χ4n) is 1.83. The van der Waals surface area contributed by atoms with Crippen molar-refractivity contribution in [2.75, 3.05) is 6.61 Å². The minimum Gasteiger partial charge on any atom is -0.493 e. The normalized spacial score (nSPS) is 13.3. The van der Waals surface area contributed by atoms with Gasteiger partial charge in [-0.2, -0.15) is 0 Å². The molecule has 1 aliphatic rings. The maximum Gasteiger partial charge on any atom is 0.123 e. The molecule has 3 rings (SSSR count).